The van der Waals surface area contributed by atoms with E-state index in [0.717, 1.165) is 11.1 Å². The molecule has 1 heterocycles. The number of carbonyl (C=O) groups excluding carboxylic acids is 1. The lowest BCUT2D eigenvalue weighted by molar-refractivity contribution is -0.144. The Labute approximate surface area is 124 Å². The number of hydrogen-bond donors (Lipinski definition) is 0. The molecule has 0 saturated carbocycles. The maximum Gasteiger partial charge on any atom is 0.323 e. The van der Waals surface area contributed by atoms with Crippen LogP contribution in [0.3, 0.4) is 0 Å². The summed E-state index contributed by atoms with van der Waals surface area (Å²) in [5.74, 6) is -0.0402. The molecule has 5 nitrogen and oxygen atoms in total. The molecule has 1 atom stereocenters. The molecule has 1 unspecified atom stereocenters. The zero-order chi connectivity index (χ0) is 15.4. The molecule has 2 aromatic rings. The highest BCUT2D eigenvalue weighted by Crippen LogP contribution is 2.26. The van der Waals surface area contributed by atoms with Crippen LogP contribution in [0.5, 0.6) is 0 Å². The summed E-state index contributed by atoms with van der Waals surface area (Å²) in [5.41, 5.74) is 1.91. The second-order valence-electron chi connectivity index (χ2n) is 5.24. The average Bonchev–Trinajstić information content (AvgIpc) is 2.91. The van der Waals surface area contributed by atoms with Gasteiger partial charge in [0.1, 0.15) is 0 Å². The van der Waals surface area contributed by atoms with Crippen molar-refractivity contribution in [3.05, 3.63) is 47.1 Å². The van der Waals surface area contributed by atoms with E-state index in [1.54, 1.807) is 6.92 Å². The number of benzene rings is 1. The third-order valence-corrected chi connectivity index (χ3v) is 3.15. The molecule has 0 N–H and O–H groups in total. The predicted octanol–water partition coefficient (Wildman–Crippen LogP) is 3.20. The first-order chi connectivity index (χ1) is 10.0. The molecule has 0 fully saturated rings. The molecule has 1 aromatic heterocycles. The van der Waals surface area contributed by atoms with E-state index in [2.05, 4.69) is 10.1 Å². The minimum absolute atomic E-state index is 0.142. The van der Waals surface area contributed by atoms with Gasteiger partial charge in [0.25, 0.3) is 0 Å². The van der Waals surface area contributed by atoms with Crippen molar-refractivity contribution < 1.29 is 14.1 Å². The van der Waals surface area contributed by atoms with E-state index in [4.69, 9.17) is 9.26 Å². The van der Waals surface area contributed by atoms with Gasteiger partial charge in [-0.25, -0.2) is 0 Å². The van der Waals surface area contributed by atoms with Gasteiger partial charge in [0.05, 0.1) is 6.61 Å². The minimum atomic E-state index is -0.675. The van der Waals surface area contributed by atoms with E-state index < -0.39 is 5.92 Å². The number of carbonyl (C=O) groups is 1. The summed E-state index contributed by atoms with van der Waals surface area (Å²) >= 11 is 0. The number of aromatic nitrogens is 2. The lowest BCUT2D eigenvalue weighted by atomic mass is 9.98. The van der Waals surface area contributed by atoms with Crippen LogP contribution < -0.4 is 0 Å². The minimum Gasteiger partial charge on any atom is -0.465 e. The second-order valence-corrected chi connectivity index (χ2v) is 5.24. The van der Waals surface area contributed by atoms with Crippen LogP contribution in [-0.2, 0) is 9.53 Å². The summed E-state index contributed by atoms with van der Waals surface area (Å²) in [6, 6.07) is 7.66. The standard InChI is InChI=1S/C16H20N2O3/c1-5-20-16(19)13(12-8-6-11(4)7-9-12)15-17-14(10(2)3)18-21-15/h6-10,13H,5H2,1-4H3. The quantitative estimate of drug-likeness (QED) is 0.790. The van der Waals surface area contributed by atoms with E-state index in [1.165, 1.54) is 0 Å². The Kier molecular flexibility index (Phi) is 4.73. The first kappa shape index (κ1) is 15.2. The third-order valence-electron chi connectivity index (χ3n) is 3.15. The summed E-state index contributed by atoms with van der Waals surface area (Å²) in [6.45, 7) is 8.02. The molecule has 5 heteroatoms. The maximum atomic E-state index is 12.3. The first-order valence-corrected chi connectivity index (χ1v) is 7.09. The lowest BCUT2D eigenvalue weighted by Crippen LogP contribution is -2.17. The molecule has 0 aliphatic carbocycles. The van der Waals surface area contributed by atoms with Crippen molar-refractivity contribution in [1.29, 1.82) is 0 Å². The van der Waals surface area contributed by atoms with E-state index in [9.17, 15) is 4.79 Å². The molecule has 112 valence electrons. The Morgan fingerprint density at radius 1 is 1.29 bits per heavy atom. The predicted molar refractivity (Wildman–Crippen MR) is 78.0 cm³/mol. The zero-order valence-electron chi connectivity index (χ0n) is 12.8. The van der Waals surface area contributed by atoms with Crippen LogP contribution in [0.15, 0.2) is 28.8 Å². The fourth-order valence-electron chi connectivity index (χ4n) is 1.96. The molecular weight excluding hydrogens is 268 g/mol. The Bertz CT molecular complexity index is 602. The highest BCUT2D eigenvalue weighted by Gasteiger charge is 2.30. The van der Waals surface area contributed by atoms with Gasteiger partial charge in [-0.2, -0.15) is 4.98 Å². The van der Waals surface area contributed by atoms with Crippen molar-refractivity contribution in [1.82, 2.24) is 10.1 Å². The molecule has 0 radical (unpaired) electrons. The van der Waals surface area contributed by atoms with Crippen molar-refractivity contribution in [2.24, 2.45) is 0 Å². The average molecular weight is 288 g/mol. The van der Waals surface area contributed by atoms with Gasteiger partial charge in [-0.05, 0) is 19.4 Å². The highest BCUT2D eigenvalue weighted by molar-refractivity contribution is 5.80. The lowest BCUT2D eigenvalue weighted by Gasteiger charge is -2.12. The van der Waals surface area contributed by atoms with E-state index >= 15 is 0 Å². The molecule has 0 saturated heterocycles. The van der Waals surface area contributed by atoms with Crippen LogP contribution in [0.25, 0.3) is 0 Å². The third kappa shape index (κ3) is 3.48. The van der Waals surface area contributed by atoms with Gasteiger partial charge in [0.2, 0.25) is 5.89 Å². The number of esters is 1. The maximum absolute atomic E-state index is 12.3. The van der Waals surface area contributed by atoms with Crippen LogP contribution in [0.1, 0.15) is 55.4 Å². The van der Waals surface area contributed by atoms with Crippen LogP contribution in [0.4, 0.5) is 0 Å². The van der Waals surface area contributed by atoms with Crippen molar-refractivity contribution in [2.75, 3.05) is 6.61 Å². The van der Waals surface area contributed by atoms with Gasteiger partial charge >= 0.3 is 5.97 Å². The summed E-state index contributed by atoms with van der Waals surface area (Å²) in [6.07, 6.45) is 0. The molecule has 2 rings (SSSR count). The Morgan fingerprint density at radius 3 is 2.48 bits per heavy atom. The van der Waals surface area contributed by atoms with E-state index in [1.807, 2.05) is 45.0 Å². The molecule has 0 aliphatic rings. The first-order valence-electron chi connectivity index (χ1n) is 7.09. The second kappa shape index (κ2) is 6.52. The van der Waals surface area contributed by atoms with Gasteiger partial charge in [0, 0.05) is 5.92 Å². The van der Waals surface area contributed by atoms with Crippen LogP contribution in [0.2, 0.25) is 0 Å². The SMILES string of the molecule is CCOC(=O)C(c1ccc(C)cc1)c1nc(C(C)C)no1. The summed E-state index contributed by atoms with van der Waals surface area (Å²) < 4.78 is 10.4. The Morgan fingerprint density at radius 2 is 1.95 bits per heavy atom. The van der Waals surface area contributed by atoms with E-state index in [-0.39, 0.29) is 17.8 Å². The van der Waals surface area contributed by atoms with Crippen LogP contribution >= 0.6 is 0 Å². The van der Waals surface area contributed by atoms with Crippen molar-refractivity contribution >= 4 is 5.97 Å². The van der Waals surface area contributed by atoms with Crippen molar-refractivity contribution in [3.63, 3.8) is 0 Å². The number of ether oxygens (including phenoxy) is 1. The fourth-order valence-corrected chi connectivity index (χ4v) is 1.96. The van der Waals surface area contributed by atoms with Gasteiger partial charge in [-0.1, -0.05) is 48.8 Å². The van der Waals surface area contributed by atoms with Gasteiger partial charge in [-0.15, -0.1) is 0 Å². The van der Waals surface area contributed by atoms with Crippen LogP contribution in [0, 0.1) is 6.92 Å². The molecular formula is C16H20N2O3. The smallest absolute Gasteiger partial charge is 0.323 e. The normalized spacial score (nSPS) is 12.4. The largest absolute Gasteiger partial charge is 0.465 e. The highest BCUT2D eigenvalue weighted by atomic mass is 16.5. The summed E-state index contributed by atoms with van der Waals surface area (Å²) in [5, 5.41) is 3.93. The van der Waals surface area contributed by atoms with Gasteiger partial charge in [0.15, 0.2) is 11.7 Å². The molecule has 0 spiro atoms. The molecule has 21 heavy (non-hydrogen) atoms. The molecule has 0 bridgehead atoms. The Hall–Kier alpha value is -2.17. The number of hydrogen-bond acceptors (Lipinski definition) is 5. The number of aryl methyl sites for hydroxylation is 1. The molecule has 1 aromatic carbocycles. The molecule has 0 amide bonds. The number of rotatable bonds is 5. The zero-order valence-corrected chi connectivity index (χ0v) is 12.8. The monoisotopic (exact) mass is 288 g/mol. The number of nitrogens with zero attached hydrogens (tertiary/aromatic N) is 2. The van der Waals surface area contributed by atoms with Gasteiger partial charge < -0.3 is 9.26 Å². The summed E-state index contributed by atoms with van der Waals surface area (Å²) in [4.78, 5) is 16.6. The van der Waals surface area contributed by atoms with Crippen LogP contribution in [-0.4, -0.2) is 22.7 Å². The van der Waals surface area contributed by atoms with Crippen molar-refractivity contribution in [2.45, 2.75) is 39.5 Å². The molecule has 0 aliphatic heterocycles. The fraction of sp³-hybridized carbons (Fsp3) is 0.438. The summed E-state index contributed by atoms with van der Waals surface area (Å²) in [7, 11) is 0. The van der Waals surface area contributed by atoms with Gasteiger partial charge in [-0.3, -0.25) is 4.79 Å². The topological polar surface area (TPSA) is 65.2 Å². The van der Waals surface area contributed by atoms with E-state index in [0.29, 0.717) is 12.4 Å². The van der Waals surface area contributed by atoms with Crippen molar-refractivity contribution in [3.8, 4) is 0 Å². The Balaban J connectivity index is 2.39.